The number of thiazole rings is 1. The SMILES string of the molecule is NCc1cc(Nc2nc3ccc(Br)cc3s2)nc(NC2CCC(O)CC2)c1. The lowest BCUT2D eigenvalue weighted by Crippen LogP contribution is -2.28. The van der Waals surface area contributed by atoms with Crippen LogP contribution in [0.4, 0.5) is 16.8 Å². The number of benzene rings is 1. The molecule has 3 aromatic rings. The van der Waals surface area contributed by atoms with Gasteiger partial charge in [-0.05, 0) is 61.6 Å². The number of halogens is 1. The van der Waals surface area contributed by atoms with Crippen molar-refractivity contribution in [3.05, 3.63) is 40.4 Å². The highest BCUT2D eigenvalue weighted by molar-refractivity contribution is 9.10. The summed E-state index contributed by atoms with van der Waals surface area (Å²) in [4.78, 5) is 9.32. The number of aromatic nitrogens is 2. The molecule has 8 heteroatoms. The number of nitrogens with two attached hydrogens (primary N) is 1. The summed E-state index contributed by atoms with van der Waals surface area (Å²) in [7, 11) is 0. The molecule has 142 valence electrons. The summed E-state index contributed by atoms with van der Waals surface area (Å²) in [6.45, 7) is 0.446. The van der Waals surface area contributed by atoms with E-state index in [4.69, 9.17) is 10.7 Å². The van der Waals surface area contributed by atoms with E-state index in [1.807, 2.05) is 24.3 Å². The number of nitrogens with zero attached hydrogens (tertiary/aromatic N) is 2. The Morgan fingerprint density at radius 1 is 1.11 bits per heavy atom. The number of fused-ring (bicyclic) bond motifs is 1. The first kappa shape index (κ1) is 18.6. The first-order valence-electron chi connectivity index (χ1n) is 9.08. The second-order valence-corrected chi connectivity index (χ2v) is 8.80. The molecule has 1 saturated carbocycles. The van der Waals surface area contributed by atoms with Gasteiger partial charge < -0.3 is 21.5 Å². The van der Waals surface area contributed by atoms with E-state index in [9.17, 15) is 5.11 Å². The third kappa shape index (κ3) is 4.57. The predicted octanol–water partition coefficient (Wildman–Crippen LogP) is 4.37. The van der Waals surface area contributed by atoms with E-state index in [-0.39, 0.29) is 6.10 Å². The lowest BCUT2D eigenvalue weighted by atomic mass is 9.93. The molecular weight excluding hydrogens is 426 g/mol. The third-order valence-corrected chi connectivity index (χ3v) is 6.18. The van der Waals surface area contributed by atoms with Crippen molar-refractivity contribution >= 4 is 54.3 Å². The Bertz CT molecular complexity index is 939. The van der Waals surface area contributed by atoms with Crippen molar-refractivity contribution in [1.29, 1.82) is 0 Å². The normalized spacial score (nSPS) is 20.0. The van der Waals surface area contributed by atoms with E-state index in [2.05, 4.69) is 37.6 Å². The van der Waals surface area contributed by atoms with Crippen molar-refractivity contribution in [2.75, 3.05) is 10.6 Å². The summed E-state index contributed by atoms with van der Waals surface area (Å²) in [6.07, 6.45) is 3.40. The number of rotatable bonds is 5. The average molecular weight is 448 g/mol. The van der Waals surface area contributed by atoms with Gasteiger partial charge in [-0.3, -0.25) is 0 Å². The molecule has 5 N–H and O–H groups in total. The second kappa shape index (κ2) is 8.10. The van der Waals surface area contributed by atoms with Crippen molar-refractivity contribution < 1.29 is 5.11 Å². The monoisotopic (exact) mass is 447 g/mol. The van der Waals surface area contributed by atoms with E-state index in [0.717, 1.165) is 62.7 Å². The molecular formula is C19H22BrN5OS. The van der Waals surface area contributed by atoms with E-state index in [1.54, 1.807) is 11.3 Å². The maximum Gasteiger partial charge on any atom is 0.189 e. The molecule has 6 nitrogen and oxygen atoms in total. The number of nitrogens with one attached hydrogen (secondary N) is 2. The minimum absolute atomic E-state index is 0.164. The highest BCUT2D eigenvalue weighted by atomic mass is 79.9. The van der Waals surface area contributed by atoms with E-state index < -0.39 is 0 Å². The first-order valence-corrected chi connectivity index (χ1v) is 10.7. The quantitative estimate of drug-likeness (QED) is 0.463. The van der Waals surface area contributed by atoms with Crippen molar-refractivity contribution in [3.63, 3.8) is 0 Å². The maximum absolute atomic E-state index is 9.68. The fourth-order valence-electron chi connectivity index (χ4n) is 3.33. The number of hydrogen-bond donors (Lipinski definition) is 4. The minimum Gasteiger partial charge on any atom is -0.393 e. The van der Waals surface area contributed by atoms with E-state index in [0.29, 0.717) is 12.6 Å². The van der Waals surface area contributed by atoms with Crippen LogP contribution in [0.2, 0.25) is 0 Å². The van der Waals surface area contributed by atoms with Gasteiger partial charge in [0.15, 0.2) is 5.13 Å². The number of aliphatic hydroxyl groups is 1. The summed E-state index contributed by atoms with van der Waals surface area (Å²) < 4.78 is 2.15. The van der Waals surface area contributed by atoms with Gasteiger partial charge in [-0.25, -0.2) is 9.97 Å². The zero-order valence-corrected chi connectivity index (χ0v) is 17.2. The van der Waals surface area contributed by atoms with Gasteiger partial charge in [0.05, 0.1) is 16.3 Å². The summed E-state index contributed by atoms with van der Waals surface area (Å²) >= 11 is 5.09. The zero-order chi connectivity index (χ0) is 18.8. The van der Waals surface area contributed by atoms with Crippen LogP contribution in [-0.2, 0) is 6.54 Å². The van der Waals surface area contributed by atoms with Crippen molar-refractivity contribution in [2.24, 2.45) is 5.73 Å². The lowest BCUT2D eigenvalue weighted by molar-refractivity contribution is 0.126. The van der Waals surface area contributed by atoms with Gasteiger partial charge in [0.1, 0.15) is 11.6 Å². The molecule has 0 amide bonds. The Labute approximate surface area is 170 Å². The van der Waals surface area contributed by atoms with Gasteiger partial charge in [0.2, 0.25) is 0 Å². The third-order valence-electron chi connectivity index (χ3n) is 4.76. The fraction of sp³-hybridized carbons (Fsp3) is 0.368. The lowest BCUT2D eigenvalue weighted by Gasteiger charge is -2.26. The summed E-state index contributed by atoms with van der Waals surface area (Å²) in [6, 6.07) is 10.3. The van der Waals surface area contributed by atoms with Gasteiger partial charge in [-0.15, -0.1) is 0 Å². The smallest absolute Gasteiger partial charge is 0.189 e. The molecule has 0 radical (unpaired) electrons. The van der Waals surface area contributed by atoms with Crippen LogP contribution in [0, 0.1) is 0 Å². The van der Waals surface area contributed by atoms with Gasteiger partial charge in [-0.1, -0.05) is 27.3 Å². The number of aliphatic hydroxyl groups excluding tert-OH is 1. The number of hydrogen-bond acceptors (Lipinski definition) is 7. The molecule has 1 aromatic carbocycles. The highest BCUT2D eigenvalue weighted by Gasteiger charge is 2.19. The van der Waals surface area contributed by atoms with Gasteiger partial charge in [0, 0.05) is 17.1 Å². The second-order valence-electron chi connectivity index (χ2n) is 6.86. The number of pyridine rings is 1. The maximum atomic E-state index is 9.68. The summed E-state index contributed by atoms with van der Waals surface area (Å²) in [5.74, 6) is 1.54. The minimum atomic E-state index is -0.164. The Hall–Kier alpha value is -1.74. The molecule has 0 unspecified atom stereocenters. The molecule has 2 aromatic heterocycles. The van der Waals surface area contributed by atoms with E-state index in [1.165, 1.54) is 0 Å². The van der Waals surface area contributed by atoms with Gasteiger partial charge in [-0.2, -0.15) is 0 Å². The topological polar surface area (TPSA) is 96.1 Å². The van der Waals surface area contributed by atoms with Gasteiger partial charge in [0.25, 0.3) is 0 Å². The molecule has 0 aliphatic heterocycles. The van der Waals surface area contributed by atoms with Crippen LogP contribution in [0.5, 0.6) is 0 Å². The standard InChI is InChI=1S/C19H22BrN5OS/c20-12-1-6-15-16(9-12)27-19(23-15)25-18-8-11(10-21)7-17(24-18)22-13-2-4-14(26)5-3-13/h1,6-9,13-14,26H,2-5,10,21H2,(H2,22,23,24,25). The van der Waals surface area contributed by atoms with Crippen LogP contribution < -0.4 is 16.4 Å². The molecule has 0 spiro atoms. The predicted molar refractivity (Wildman–Crippen MR) is 115 cm³/mol. The molecule has 0 saturated heterocycles. The van der Waals surface area contributed by atoms with Crippen LogP contribution in [0.15, 0.2) is 34.8 Å². The van der Waals surface area contributed by atoms with Crippen LogP contribution in [-0.4, -0.2) is 27.2 Å². The molecule has 1 fully saturated rings. The van der Waals surface area contributed by atoms with Crippen molar-refractivity contribution in [2.45, 2.75) is 44.4 Å². The largest absolute Gasteiger partial charge is 0.393 e. The summed E-state index contributed by atoms with van der Waals surface area (Å²) in [5.41, 5.74) is 7.84. The highest BCUT2D eigenvalue weighted by Crippen LogP contribution is 2.31. The molecule has 1 aliphatic carbocycles. The van der Waals surface area contributed by atoms with E-state index >= 15 is 0 Å². The molecule has 0 atom stereocenters. The Balaban J connectivity index is 1.54. The molecule has 27 heavy (non-hydrogen) atoms. The Morgan fingerprint density at radius 3 is 2.67 bits per heavy atom. The fourth-order valence-corrected chi connectivity index (χ4v) is 4.76. The number of anilines is 3. The van der Waals surface area contributed by atoms with Crippen LogP contribution >= 0.6 is 27.3 Å². The Kier molecular flexibility index (Phi) is 5.58. The van der Waals surface area contributed by atoms with Crippen LogP contribution in [0.3, 0.4) is 0 Å². The molecule has 1 aliphatic rings. The molecule has 2 heterocycles. The average Bonchev–Trinajstić information content (AvgIpc) is 3.04. The van der Waals surface area contributed by atoms with Gasteiger partial charge >= 0.3 is 0 Å². The molecule has 4 rings (SSSR count). The van der Waals surface area contributed by atoms with Crippen LogP contribution in [0.1, 0.15) is 31.2 Å². The Morgan fingerprint density at radius 2 is 1.89 bits per heavy atom. The first-order chi connectivity index (χ1) is 13.1. The van der Waals surface area contributed by atoms with Crippen molar-refractivity contribution in [3.8, 4) is 0 Å². The van der Waals surface area contributed by atoms with Crippen LogP contribution in [0.25, 0.3) is 10.2 Å². The zero-order valence-electron chi connectivity index (χ0n) is 14.8. The van der Waals surface area contributed by atoms with Crippen molar-refractivity contribution in [1.82, 2.24) is 9.97 Å². The summed E-state index contributed by atoms with van der Waals surface area (Å²) in [5, 5.41) is 17.3. The molecule has 0 bridgehead atoms.